The molecule has 3 rings (SSSR count). The highest BCUT2D eigenvalue weighted by Gasteiger charge is 2.41. The first-order chi connectivity index (χ1) is 16.3. The van der Waals surface area contributed by atoms with Gasteiger partial charge in [-0.3, -0.25) is 9.59 Å². The van der Waals surface area contributed by atoms with Crippen LogP contribution in [0.2, 0.25) is 5.02 Å². The molecule has 0 N–H and O–H groups in total. The van der Waals surface area contributed by atoms with E-state index in [1.54, 1.807) is 19.1 Å². The molecule has 2 aromatic rings. The Labute approximate surface area is 202 Å². The summed E-state index contributed by atoms with van der Waals surface area (Å²) in [5.74, 6) is -2.38. The fourth-order valence-corrected chi connectivity index (χ4v) is 3.74. The smallest absolute Gasteiger partial charge is 0.341 e. The van der Waals surface area contributed by atoms with Crippen LogP contribution in [-0.4, -0.2) is 44.5 Å². The standard InChI is InChI=1S/C25H25ClO8/c1-4-17-5-7-21(31-15-27)18(12-17)11-16(2)25(32-9-10-33-25)14-23(28)34-22-8-6-19(26)13-20(22)24(29)30-3/h5-8,11-13,15H,4,9-10,14H2,1-3H3/b16-11+. The van der Waals surface area contributed by atoms with Crippen LogP contribution in [0.1, 0.15) is 41.8 Å². The van der Waals surface area contributed by atoms with E-state index in [4.69, 9.17) is 35.3 Å². The summed E-state index contributed by atoms with van der Waals surface area (Å²) in [5, 5.41) is 0.292. The molecule has 1 aliphatic rings. The fraction of sp³-hybridized carbons (Fsp3) is 0.320. The molecular formula is C25H25ClO8. The van der Waals surface area contributed by atoms with Crippen molar-refractivity contribution >= 4 is 36.1 Å². The van der Waals surface area contributed by atoms with Gasteiger partial charge in [0, 0.05) is 10.6 Å². The maximum atomic E-state index is 12.9. The van der Waals surface area contributed by atoms with E-state index >= 15 is 0 Å². The zero-order chi connectivity index (χ0) is 24.7. The highest BCUT2D eigenvalue weighted by atomic mass is 35.5. The van der Waals surface area contributed by atoms with Gasteiger partial charge in [0.25, 0.3) is 6.47 Å². The number of benzene rings is 2. The Morgan fingerprint density at radius 3 is 2.47 bits per heavy atom. The molecule has 0 radical (unpaired) electrons. The third-order valence-corrected chi connectivity index (χ3v) is 5.57. The lowest BCUT2D eigenvalue weighted by Crippen LogP contribution is -2.36. The minimum Gasteiger partial charge on any atom is -0.465 e. The number of ether oxygens (including phenoxy) is 5. The van der Waals surface area contributed by atoms with E-state index in [9.17, 15) is 14.4 Å². The molecule has 0 atom stereocenters. The molecule has 0 amide bonds. The van der Waals surface area contributed by atoms with Crippen LogP contribution >= 0.6 is 11.6 Å². The van der Waals surface area contributed by atoms with Crippen LogP contribution in [0.25, 0.3) is 6.08 Å². The van der Waals surface area contributed by atoms with Gasteiger partial charge in [0.05, 0.1) is 20.3 Å². The molecule has 2 aromatic carbocycles. The number of methoxy groups -OCH3 is 1. The lowest BCUT2D eigenvalue weighted by atomic mass is 9.99. The van der Waals surface area contributed by atoms with Gasteiger partial charge in [0.1, 0.15) is 23.5 Å². The topological polar surface area (TPSA) is 97.4 Å². The van der Waals surface area contributed by atoms with Crippen LogP contribution < -0.4 is 9.47 Å². The molecule has 0 spiro atoms. The van der Waals surface area contributed by atoms with Gasteiger partial charge in [0.2, 0.25) is 5.79 Å². The Morgan fingerprint density at radius 1 is 1.12 bits per heavy atom. The van der Waals surface area contributed by atoms with Crippen molar-refractivity contribution in [3.05, 3.63) is 63.7 Å². The summed E-state index contributed by atoms with van der Waals surface area (Å²) < 4.78 is 27.0. The summed E-state index contributed by atoms with van der Waals surface area (Å²) in [6, 6.07) is 9.73. The maximum absolute atomic E-state index is 12.9. The first-order valence-corrected chi connectivity index (χ1v) is 11.0. The average Bonchev–Trinajstić information content (AvgIpc) is 3.30. The monoisotopic (exact) mass is 488 g/mol. The highest BCUT2D eigenvalue weighted by Crippen LogP contribution is 2.35. The lowest BCUT2D eigenvalue weighted by molar-refractivity contribution is -0.160. The second-order valence-electron chi connectivity index (χ2n) is 7.50. The van der Waals surface area contributed by atoms with E-state index < -0.39 is 17.7 Å². The number of hydrogen-bond donors (Lipinski definition) is 0. The van der Waals surface area contributed by atoms with Gasteiger partial charge >= 0.3 is 11.9 Å². The van der Waals surface area contributed by atoms with Gasteiger partial charge in [-0.05, 0) is 60.9 Å². The van der Waals surface area contributed by atoms with Gasteiger partial charge in [0.15, 0.2) is 0 Å². The van der Waals surface area contributed by atoms with E-state index in [1.165, 1.54) is 25.3 Å². The van der Waals surface area contributed by atoms with Crippen molar-refractivity contribution in [1.82, 2.24) is 0 Å². The van der Waals surface area contributed by atoms with Crippen molar-refractivity contribution in [2.24, 2.45) is 0 Å². The molecule has 0 bridgehead atoms. The number of halogens is 1. The van der Waals surface area contributed by atoms with Gasteiger partial charge in [-0.2, -0.15) is 0 Å². The van der Waals surface area contributed by atoms with E-state index in [0.29, 0.717) is 28.4 Å². The normalized spacial score (nSPS) is 15.0. The Kier molecular flexibility index (Phi) is 8.44. The number of carbonyl (C=O) groups excluding carboxylic acids is 3. The molecule has 180 valence electrons. The largest absolute Gasteiger partial charge is 0.465 e. The van der Waals surface area contributed by atoms with Crippen LogP contribution in [0.15, 0.2) is 42.0 Å². The van der Waals surface area contributed by atoms with Gasteiger partial charge in [-0.25, -0.2) is 4.79 Å². The molecule has 8 nitrogen and oxygen atoms in total. The van der Waals surface area contributed by atoms with Crippen molar-refractivity contribution < 1.29 is 38.1 Å². The zero-order valence-electron chi connectivity index (χ0n) is 19.1. The van der Waals surface area contributed by atoms with Crippen molar-refractivity contribution in [3.8, 4) is 11.5 Å². The van der Waals surface area contributed by atoms with Gasteiger partial charge < -0.3 is 23.7 Å². The summed E-state index contributed by atoms with van der Waals surface area (Å²) in [5.41, 5.74) is 2.28. The predicted octanol–water partition coefficient (Wildman–Crippen LogP) is 4.37. The number of aryl methyl sites for hydroxylation is 1. The van der Waals surface area contributed by atoms with Crippen molar-refractivity contribution in [2.45, 2.75) is 32.5 Å². The van der Waals surface area contributed by atoms with E-state index in [-0.39, 0.29) is 30.9 Å². The van der Waals surface area contributed by atoms with Gasteiger partial charge in [-0.1, -0.05) is 24.6 Å². The molecule has 1 fully saturated rings. The third-order valence-electron chi connectivity index (χ3n) is 5.33. The minimum atomic E-state index is -1.38. The summed E-state index contributed by atoms with van der Waals surface area (Å²) in [4.78, 5) is 35.9. The molecule has 1 aliphatic heterocycles. The minimum absolute atomic E-state index is 0.00773. The van der Waals surface area contributed by atoms with Crippen LogP contribution in [0.4, 0.5) is 0 Å². The fourth-order valence-electron chi connectivity index (χ4n) is 3.57. The average molecular weight is 489 g/mol. The van der Waals surface area contributed by atoms with Crippen LogP contribution in [-0.2, 0) is 30.2 Å². The molecule has 34 heavy (non-hydrogen) atoms. The molecule has 0 unspecified atom stereocenters. The molecule has 0 aromatic heterocycles. The van der Waals surface area contributed by atoms with Crippen molar-refractivity contribution in [1.29, 1.82) is 0 Å². The zero-order valence-corrected chi connectivity index (χ0v) is 19.8. The second-order valence-corrected chi connectivity index (χ2v) is 7.94. The Hall–Kier alpha value is -3.20. The lowest BCUT2D eigenvalue weighted by Gasteiger charge is -2.28. The van der Waals surface area contributed by atoms with Crippen molar-refractivity contribution in [2.75, 3.05) is 20.3 Å². The SMILES string of the molecule is CCc1ccc(OC=O)c(/C=C(\C)C2(CC(=O)Oc3ccc(Cl)cc3C(=O)OC)OCCO2)c1. The van der Waals surface area contributed by atoms with Crippen LogP contribution in [0.5, 0.6) is 11.5 Å². The number of rotatable bonds is 9. The van der Waals surface area contributed by atoms with E-state index in [2.05, 4.69) is 0 Å². The number of hydrogen-bond acceptors (Lipinski definition) is 8. The number of esters is 2. The highest BCUT2D eigenvalue weighted by molar-refractivity contribution is 6.31. The first kappa shape index (κ1) is 25.4. The van der Waals surface area contributed by atoms with E-state index in [1.807, 2.05) is 19.1 Å². The van der Waals surface area contributed by atoms with E-state index in [0.717, 1.165) is 12.0 Å². The first-order valence-electron chi connectivity index (χ1n) is 10.6. The molecule has 1 saturated heterocycles. The van der Waals surface area contributed by atoms with Crippen LogP contribution in [0, 0.1) is 0 Å². The quantitative estimate of drug-likeness (QED) is 0.291. The molecule has 1 heterocycles. The van der Waals surface area contributed by atoms with Crippen LogP contribution in [0.3, 0.4) is 0 Å². The summed E-state index contributed by atoms with van der Waals surface area (Å²) in [6.45, 7) is 4.67. The predicted molar refractivity (Wildman–Crippen MR) is 124 cm³/mol. The summed E-state index contributed by atoms with van der Waals surface area (Å²) >= 11 is 5.96. The molecule has 0 saturated carbocycles. The third kappa shape index (κ3) is 5.83. The van der Waals surface area contributed by atoms with Crippen molar-refractivity contribution in [3.63, 3.8) is 0 Å². The molecular weight excluding hydrogens is 464 g/mol. The number of carbonyl (C=O) groups is 3. The second kappa shape index (κ2) is 11.3. The Bertz CT molecular complexity index is 1100. The maximum Gasteiger partial charge on any atom is 0.341 e. The van der Waals surface area contributed by atoms with Gasteiger partial charge in [-0.15, -0.1) is 0 Å². The molecule has 9 heteroatoms. The Balaban J connectivity index is 1.89. The summed E-state index contributed by atoms with van der Waals surface area (Å²) in [6.07, 6.45) is 2.25. The Morgan fingerprint density at radius 2 is 1.82 bits per heavy atom. The summed E-state index contributed by atoms with van der Waals surface area (Å²) in [7, 11) is 1.22. The molecule has 0 aliphatic carbocycles.